The van der Waals surface area contributed by atoms with Crippen molar-refractivity contribution in [2.75, 3.05) is 0 Å². The molecule has 1 aliphatic carbocycles. The smallest absolute Gasteiger partial charge is 0.104 e. The Kier molecular flexibility index (Phi) is 5.31. The van der Waals surface area contributed by atoms with E-state index < -0.39 is 0 Å². The minimum absolute atomic E-state index is 0.615. The first-order valence-corrected chi connectivity index (χ1v) is 8.74. The molecule has 0 amide bonds. The summed E-state index contributed by atoms with van der Waals surface area (Å²) in [7, 11) is 0. The molecule has 0 saturated heterocycles. The van der Waals surface area contributed by atoms with E-state index in [2.05, 4.69) is 36.7 Å². The molecule has 124 valence electrons. The molecule has 3 nitrogen and oxygen atoms in total. The first-order valence-electron chi connectivity index (χ1n) is 7.93. The third-order valence-electron chi connectivity index (χ3n) is 3.68. The molecule has 4 heteroatoms. The molecule has 0 unspecified atom stereocenters. The Morgan fingerprint density at radius 1 is 1.12 bits per heavy atom. The van der Waals surface area contributed by atoms with E-state index >= 15 is 0 Å². The number of allylic oxidation sites excluding steroid dienone is 5. The van der Waals surface area contributed by atoms with Crippen molar-refractivity contribution in [1.82, 2.24) is 4.98 Å². The molecule has 2 N–H and O–H groups in total. The highest BCUT2D eigenvalue weighted by Gasteiger charge is 2.09. The summed E-state index contributed by atoms with van der Waals surface area (Å²) in [6.45, 7) is 6.14. The number of nitrogens with two attached hydrogens (primary N) is 1. The Hall–Kier alpha value is -2.85. The van der Waals surface area contributed by atoms with Gasteiger partial charge in [0.05, 0.1) is 17.1 Å². The molecule has 0 saturated carbocycles. The van der Waals surface area contributed by atoms with E-state index in [0.717, 1.165) is 32.5 Å². The highest BCUT2D eigenvalue weighted by atomic mass is 32.2. The van der Waals surface area contributed by atoms with Crippen LogP contribution in [0.4, 0.5) is 0 Å². The number of hydrogen-bond donors (Lipinski definition) is 1. The molecule has 1 aromatic heterocycles. The van der Waals surface area contributed by atoms with Gasteiger partial charge in [-0.1, -0.05) is 60.8 Å². The number of hydrogen-bond acceptors (Lipinski definition) is 4. The monoisotopic (exact) mass is 345 g/mol. The summed E-state index contributed by atoms with van der Waals surface area (Å²) >= 11 is 1.64. The van der Waals surface area contributed by atoms with Crippen LogP contribution >= 0.6 is 11.8 Å². The van der Waals surface area contributed by atoms with Crippen molar-refractivity contribution in [3.8, 4) is 0 Å². The Balaban J connectivity index is 1.88. The maximum absolute atomic E-state index is 5.66. The van der Waals surface area contributed by atoms with E-state index in [1.807, 2.05) is 48.6 Å². The maximum Gasteiger partial charge on any atom is 0.104 e. The molecule has 2 aromatic rings. The molecule has 0 atom stereocenters. The Labute approximate surface area is 152 Å². The fourth-order valence-electron chi connectivity index (χ4n) is 2.31. The van der Waals surface area contributed by atoms with Crippen LogP contribution < -0.4 is 5.73 Å². The second-order valence-electron chi connectivity index (χ2n) is 5.52. The topological polar surface area (TPSA) is 51.3 Å². The normalized spacial score (nSPS) is 16.5. The van der Waals surface area contributed by atoms with Crippen LogP contribution in [-0.2, 0) is 0 Å². The second-order valence-corrected chi connectivity index (χ2v) is 6.58. The standard InChI is InChI=1S/C21H19N3S/c1-15-12-13-19(24-21(15)25-18-9-4-3-5-10-18)16(2)23-20-11-7-6-8-17(20)14-22/h3-14H,2,22H2,1H3/b17-14-,23-20-. The minimum atomic E-state index is 0.615. The Morgan fingerprint density at radius 3 is 2.64 bits per heavy atom. The average Bonchev–Trinajstić information content (AvgIpc) is 2.65. The number of nitrogens with zero attached hydrogens (tertiary/aromatic N) is 2. The number of benzene rings is 1. The maximum atomic E-state index is 5.66. The van der Waals surface area contributed by atoms with Gasteiger partial charge < -0.3 is 5.73 Å². The third kappa shape index (κ3) is 4.17. The fraction of sp³-hybridized carbons (Fsp3) is 0.0476. The lowest BCUT2D eigenvalue weighted by Crippen LogP contribution is -2.03. The quantitative estimate of drug-likeness (QED) is 0.855. The van der Waals surface area contributed by atoms with Crippen molar-refractivity contribution in [2.24, 2.45) is 10.7 Å². The zero-order valence-electron chi connectivity index (χ0n) is 14.0. The Bertz CT molecular complexity index is 906. The van der Waals surface area contributed by atoms with Gasteiger partial charge >= 0.3 is 0 Å². The van der Waals surface area contributed by atoms with Crippen LogP contribution in [0.25, 0.3) is 5.70 Å². The molecule has 1 heterocycles. The molecule has 0 fully saturated rings. The Morgan fingerprint density at radius 2 is 1.88 bits per heavy atom. The molecule has 1 aliphatic rings. The van der Waals surface area contributed by atoms with Gasteiger partial charge in [-0.2, -0.15) is 0 Å². The number of aryl methyl sites for hydroxylation is 1. The molecule has 25 heavy (non-hydrogen) atoms. The van der Waals surface area contributed by atoms with Crippen LogP contribution in [0.15, 0.2) is 100 Å². The van der Waals surface area contributed by atoms with Crippen molar-refractivity contribution >= 4 is 23.2 Å². The van der Waals surface area contributed by atoms with Crippen LogP contribution in [0.2, 0.25) is 0 Å². The van der Waals surface area contributed by atoms with Gasteiger partial charge in [0.15, 0.2) is 0 Å². The molecular weight excluding hydrogens is 326 g/mol. The van der Waals surface area contributed by atoms with Crippen LogP contribution in [-0.4, -0.2) is 10.7 Å². The van der Waals surface area contributed by atoms with Crippen LogP contribution in [0, 0.1) is 6.92 Å². The first kappa shape index (κ1) is 17.0. The van der Waals surface area contributed by atoms with E-state index in [-0.39, 0.29) is 0 Å². The van der Waals surface area contributed by atoms with E-state index in [0.29, 0.717) is 5.70 Å². The van der Waals surface area contributed by atoms with Gasteiger partial charge in [0.1, 0.15) is 5.03 Å². The average molecular weight is 345 g/mol. The molecule has 3 rings (SSSR count). The summed E-state index contributed by atoms with van der Waals surface area (Å²) < 4.78 is 0. The zero-order valence-corrected chi connectivity index (χ0v) is 14.8. The summed E-state index contributed by atoms with van der Waals surface area (Å²) in [5.74, 6) is 0. The van der Waals surface area contributed by atoms with Gasteiger partial charge in [0.2, 0.25) is 0 Å². The van der Waals surface area contributed by atoms with E-state index in [9.17, 15) is 0 Å². The summed E-state index contributed by atoms with van der Waals surface area (Å²) in [5, 5.41) is 0.957. The number of pyridine rings is 1. The van der Waals surface area contributed by atoms with E-state index in [1.165, 1.54) is 0 Å². The predicted molar refractivity (Wildman–Crippen MR) is 107 cm³/mol. The van der Waals surface area contributed by atoms with Gasteiger partial charge in [-0.3, -0.25) is 0 Å². The van der Waals surface area contributed by atoms with Gasteiger partial charge in [-0.15, -0.1) is 0 Å². The second kappa shape index (κ2) is 7.81. The van der Waals surface area contributed by atoms with Gasteiger partial charge in [0.25, 0.3) is 0 Å². The van der Waals surface area contributed by atoms with Crippen LogP contribution in [0.3, 0.4) is 0 Å². The summed E-state index contributed by atoms with van der Waals surface area (Å²) in [6.07, 6.45) is 9.24. The van der Waals surface area contributed by atoms with Crippen molar-refractivity contribution in [1.29, 1.82) is 0 Å². The fourth-order valence-corrected chi connectivity index (χ4v) is 3.20. The number of rotatable bonds is 4. The summed E-state index contributed by atoms with van der Waals surface area (Å²) in [6, 6.07) is 14.2. The van der Waals surface area contributed by atoms with Crippen molar-refractivity contribution in [3.05, 3.63) is 96.4 Å². The van der Waals surface area contributed by atoms with E-state index in [4.69, 9.17) is 10.7 Å². The highest BCUT2D eigenvalue weighted by molar-refractivity contribution is 7.99. The van der Waals surface area contributed by atoms with Crippen LogP contribution in [0.5, 0.6) is 0 Å². The summed E-state index contributed by atoms with van der Waals surface area (Å²) in [4.78, 5) is 10.5. The van der Waals surface area contributed by atoms with Crippen molar-refractivity contribution in [3.63, 3.8) is 0 Å². The number of aliphatic imine (C=N–C) groups is 1. The van der Waals surface area contributed by atoms with Crippen molar-refractivity contribution < 1.29 is 0 Å². The lowest BCUT2D eigenvalue weighted by molar-refractivity contribution is 1.05. The highest BCUT2D eigenvalue weighted by Crippen LogP contribution is 2.29. The molecular formula is C21H19N3S. The number of aromatic nitrogens is 1. The molecule has 0 spiro atoms. The third-order valence-corrected chi connectivity index (χ3v) is 4.79. The van der Waals surface area contributed by atoms with E-state index in [1.54, 1.807) is 18.0 Å². The molecule has 0 aliphatic heterocycles. The lowest BCUT2D eigenvalue weighted by Gasteiger charge is -2.10. The van der Waals surface area contributed by atoms with Gasteiger partial charge in [-0.05, 0) is 36.8 Å². The lowest BCUT2D eigenvalue weighted by atomic mass is 10.1. The minimum Gasteiger partial charge on any atom is -0.404 e. The van der Waals surface area contributed by atoms with Crippen molar-refractivity contribution in [2.45, 2.75) is 16.8 Å². The first-order chi connectivity index (χ1) is 12.2. The zero-order chi connectivity index (χ0) is 17.6. The van der Waals surface area contributed by atoms with Crippen LogP contribution in [0.1, 0.15) is 11.3 Å². The molecule has 1 aromatic carbocycles. The SMILES string of the molecule is C=C(/N=C1/C=CC=C/C1=C/N)c1ccc(C)c(Sc2ccccc2)n1. The molecule has 0 bridgehead atoms. The predicted octanol–water partition coefficient (Wildman–Crippen LogP) is 4.92. The summed E-state index contributed by atoms with van der Waals surface area (Å²) in [5.41, 5.74) is 9.82. The molecule has 0 radical (unpaired) electrons. The van der Waals surface area contributed by atoms with Gasteiger partial charge in [0, 0.05) is 16.7 Å². The largest absolute Gasteiger partial charge is 0.404 e. The van der Waals surface area contributed by atoms with Gasteiger partial charge in [-0.25, -0.2) is 9.98 Å².